The predicted octanol–water partition coefficient (Wildman–Crippen LogP) is 18.5. The Morgan fingerprint density at radius 2 is 0.947 bits per heavy atom. The van der Waals surface area contributed by atoms with Gasteiger partial charge in [0.25, 0.3) is 0 Å². The topological polar surface area (TPSA) is 50.9 Å². The van der Waals surface area contributed by atoms with Gasteiger partial charge in [-0.25, -0.2) is 4.98 Å². The van der Waals surface area contributed by atoms with E-state index in [1.54, 1.807) is 0 Å². The standard InChI is InChI=1S/C71H62N3O.Pt/c1-69(2,3)55-38-39-64(62(46-55)49-24-14-10-15-25-49)74-65-33-21-30-58(66(65)73-68(74)61-32-20-31-60(67(61)75)59-29-19-18-28-57(59)48-22-12-9-13-23-48)51-42-52(44-56(43-51)70(4,5)6)63-45-50(40-41-72-63)47-34-36-54(37-35-47)71(7,8)53-26-16-11-17-27-53;/h9-41,43-46,75H,1-8H3;/q-1;. The molecule has 2 aromatic heterocycles. The maximum Gasteiger partial charge on any atom is 0.148 e. The molecular weight excluding hydrogens is 1110 g/mol. The van der Waals surface area contributed by atoms with Gasteiger partial charge in [-0.1, -0.05) is 242 Å². The molecule has 1 N–H and O–H groups in total. The van der Waals surface area contributed by atoms with Crippen LogP contribution in [0.2, 0.25) is 0 Å². The van der Waals surface area contributed by atoms with Gasteiger partial charge in [0.1, 0.15) is 11.6 Å². The molecule has 5 heteroatoms. The van der Waals surface area contributed by atoms with Crippen molar-refractivity contribution < 1.29 is 26.2 Å². The summed E-state index contributed by atoms with van der Waals surface area (Å²) >= 11 is 0. The first-order valence-electron chi connectivity index (χ1n) is 26.0. The van der Waals surface area contributed by atoms with E-state index < -0.39 is 0 Å². The summed E-state index contributed by atoms with van der Waals surface area (Å²) in [4.78, 5) is 10.7. The first-order chi connectivity index (χ1) is 36.1. The molecular formula is C71H62N3OPt-. The number of benzene rings is 9. The fourth-order valence-electron chi connectivity index (χ4n) is 10.5. The molecule has 76 heavy (non-hydrogen) atoms. The number of phenolic OH excluding ortho intramolecular Hbond substituents is 1. The van der Waals surface area contributed by atoms with E-state index in [2.05, 4.69) is 254 Å². The zero-order valence-electron chi connectivity index (χ0n) is 44.5. The van der Waals surface area contributed by atoms with Gasteiger partial charge in [-0.15, -0.1) is 29.3 Å². The van der Waals surface area contributed by atoms with Crippen LogP contribution in [0.15, 0.2) is 225 Å². The Morgan fingerprint density at radius 1 is 0.408 bits per heavy atom. The minimum Gasteiger partial charge on any atom is -0.507 e. The third-order valence-corrected chi connectivity index (χ3v) is 14.9. The smallest absolute Gasteiger partial charge is 0.148 e. The van der Waals surface area contributed by atoms with Gasteiger partial charge < -0.3 is 5.11 Å². The first-order valence-corrected chi connectivity index (χ1v) is 26.0. The van der Waals surface area contributed by atoms with Crippen molar-refractivity contribution in [3.8, 4) is 89.7 Å². The number of aromatic nitrogens is 3. The van der Waals surface area contributed by atoms with Gasteiger partial charge in [-0.05, 0) is 91.2 Å². The zero-order chi connectivity index (χ0) is 52.1. The molecule has 0 bridgehead atoms. The third kappa shape index (κ3) is 9.91. The second kappa shape index (κ2) is 20.7. The van der Waals surface area contributed by atoms with Crippen molar-refractivity contribution in [1.29, 1.82) is 0 Å². The summed E-state index contributed by atoms with van der Waals surface area (Å²) in [6, 6.07) is 80.8. The number of imidazole rings is 1. The van der Waals surface area contributed by atoms with E-state index >= 15 is 0 Å². The Balaban J connectivity index is 0.00000657. The molecule has 0 radical (unpaired) electrons. The first kappa shape index (κ1) is 51.6. The summed E-state index contributed by atoms with van der Waals surface area (Å²) < 4.78 is 2.25. The number of rotatable bonds is 10. The Bertz CT molecular complexity index is 3860. The average molecular weight is 1170 g/mol. The molecule has 0 aliphatic heterocycles. The molecule has 11 aromatic rings. The number of hydrogen-bond donors (Lipinski definition) is 1. The number of hydrogen-bond acceptors (Lipinski definition) is 3. The summed E-state index contributed by atoms with van der Waals surface area (Å²) in [5.41, 5.74) is 19.6. The van der Waals surface area contributed by atoms with Crippen LogP contribution in [0.5, 0.6) is 5.75 Å². The molecule has 378 valence electrons. The van der Waals surface area contributed by atoms with Crippen LogP contribution in [-0.4, -0.2) is 19.6 Å². The number of para-hydroxylation sites is 2. The maximum atomic E-state index is 12.8. The van der Waals surface area contributed by atoms with Crippen molar-refractivity contribution >= 4 is 11.0 Å². The normalized spacial score (nSPS) is 11.9. The van der Waals surface area contributed by atoms with E-state index in [1.165, 1.54) is 16.7 Å². The number of phenols is 1. The zero-order valence-corrected chi connectivity index (χ0v) is 46.7. The number of nitrogens with zero attached hydrogens (tertiary/aromatic N) is 3. The summed E-state index contributed by atoms with van der Waals surface area (Å²) in [7, 11) is 0. The molecule has 11 rings (SSSR count). The molecule has 0 aliphatic carbocycles. The van der Waals surface area contributed by atoms with Crippen molar-refractivity contribution in [1.82, 2.24) is 14.5 Å². The number of aromatic hydroxyl groups is 1. The van der Waals surface area contributed by atoms with Crippen molar-refractivity contribution in [2.75, 3.05) is 0 Å². The van der Waals surface area contributed by atoms with Crippen molar-refractivity contribution in [3.05, 3.63) is 253 Å². The van der Waals surface area contributed by atoms with E-state index in [0.29, 0.717) is 11.4 Å². The largest absolute Gasteiger partial charge is 0.507 e. The fourth-order valence-corrected chi connectivity index (χ4v) is 10.5. The number of fused-ring (bicyclic) bond motifs is 1. The van der Waals surface area contributed by atoms with Gasteiger partial charge in [0.2, 0.25) is 0 Å². The van der Waals surface area contributed by atoms with Gasteiger partial charge in [-0.2, -0.15) is 0 Å². The fraction of sp³-hybridized carbons (Fsp3) is 0.155. The van der Waals surface area contributed by atoms with Gasteiger partial charge in [0.05, 0.1) is 22.3 Å². The Labute approximate surface area is 463 Å². The van der Waals surface area contributed by atoms with Gasteiger partial charge in [0.15, 0.2) is 0 Å². The maximum absolute atomic E-state index is 12.8. The quantitative estimate of drug-likeness (QED) is 0.139. The van der Waals surface area contributed by atoms with Crippen molar-refractivity contribution in [3.63, 3.8) is 0 Å². The molecule has 9 aromatic carbocycles. The van der Waals surface area contributed by atoms with Crippen LogP contribution in [0.1, 0.15) is 77.6 Å². The Kier molecular flexibility index (Phi) is 14.0. The SMILES string of the molecule is CC(C)(C)c1cc(-c2cc(-c3ccc(C(C)(C)c4ccccc4)cc3)ccn2)[c-]c(-c2cccc3c2nc(-c2cccc(-c4ccccc4-c4ccccc4)c2O)n3-c2ccc(C(C)(C)C)cc2-c2ccccc2)c1.[Pt]. The summed E-state index contributed by atoms with van der Waals surface area (Å²) in [5.74, 6) is 0.796. The monoisotopic (exact) mass is 1170 g/mol. The summed E-state index contributed by atoms with van der Waals surface area (Å²) in [6.07, 6.45) is 1.91. The number of pyridine rings is 1. The Morgan fingerprint density at radius 3 is 1.62 bits per heavy atom. The van der Waals surface area contributed by atoms with E-state index in [9.17, 15) is 5.11 Å². The van der Waals surface area contributed by atoms with E-state index in [0.717, 1.165) is 89.2 Å². The Hall–Kier alpha value is -7.91. The van der Waals surface area contributed by atoms with Gasteiger partial charge >= 0.3 is 0 Å². The van der Waals surface area contributed by atoms with Crippen LogP contribution in [-0.2, 0) is 37.3 Å². The van der Waals surface area contributed by atoms with Crippen LogP contribution in [0.4, 0.5) is 0 Å². The second-order valence-corrected chi connectivity index (χ2v) is 22.3. The van der Waals surface area contributed by atoms with Crippen LogP contribution in [0.25, 0.3) is 95.0 Å². The second-order valence-electron chi connectivity index (χ2n) is 22.3. The summed E-state index contributed by atoms with van der Waals surface area (Å²) in [6.45, 7) is 18.1. The third-order valence-electron chi connectivity index (χ3n) is 14.9. The molecule has 0 saturated heterocycles. The molecule has 0 spiro atoms. The van der Waals surface area contributed by atoms with Crippen LogP contribution < -0.4 is 0 Å². The molecule has 0 atom stereocenters. The molecule has 0 amide bonds. The van der Waals surface area contributed by atoms with E-state index in [-0.39, 0.29) is 43.1 Å². The molecule has 0 aliphatic rings. The van der Waals surface area contributed by atoms with Gasteiger partial charge in [-0.3, -0.25) is 9.55 Å². The minimum absolute atomic E-state index is 0. The molecule has 0 fully saturated rings. The van der Waals surface area contributed by atoms with E-state index in [1.807, 2.05) is 36.5 Å². The van der Waals surface area contributed by atoms with Crippen LogP contribution >= 0.6 is 0 Å². The molecule has 2 heterocycles. The van der Waals surface area contributed by atoms with E-state index in [4.69, 9.17) is 9.97 Å². The average Bonchev–Trinajstić information content (AvgIpc) is 3.83. The van der Waals surface area contributed by atoms with Crippen molar-refractivity contribution in [2.45, 2.75) is 71.6 Å². The molecule has 4 nitrogen and oxygen atoms in total. The minimum atomic E-state index is -0.197. The van der Waals surface area contributed by atoms with Crippen LogP contribution in [0.3, 0.4) is 0 Å². The van der Waals surface area contributed by atoms with Gasteiger partial charge in [0, 0.05) is 49.5 Å². The molecule has 0 unspecified atom stereocenters. The predicted molar refractivity (Wildman–Crippen MR) is 313 cm³/mol. The summed E-state index contributed by atoms with van der Waals surface area (Å²) in [5, 5.41) is 12.8. The van der Waals surface area contributed by atoms with Crippen molar-refractivity contribution in [2.24, 2.45) is 0 Å². The van der Waals surface area contributed by atoms with Crippen LogP contribution in [0, 0.1) is 6.07 Å². The molecule has 0 saturated carbocycles.